The second-order valence-corrected chi connectivity index (χ2v) is 6.79. The van der Waals surface area contributed by atoms with Crippen molar-refractivity contribution in [3.8, 4) is 11.5 Å². The summed E-state index contributed by atoms with van der Waals surface area (Å²) < 4.78 is 10.9. The van der Waals surface area contributed by atoms with Gasteiger partial charge in [-0.2, -0.15) is 0 Å². The van der Waals surface area contributed by atoms with Gasteiger partial charge in [-0.3, -0.25) is 14.5 Å². The molecule has 0 bridgehead atoms. The second kappa shape index (κ2) is 10.9. The third-order valence-electron chi connectivity index (χ3n) is 5.06. The number of hydrogen-bond acceptors (Lipinski definition) is 5. The molecule has 156 valence electrons. The highest BCUT2D eigenvalue weighted by molar-refractivity contribution is 5.95. The molecule has 0 aromatic heterocycles. The maximum atomic E-state index is 13.0. The van der Waals surface area contributed by atoms with Crippen LogP contribution in [0.25, 0.3) is 0 Å². The van der Waals surface area contributed by atoms with Gasteiger partial charge in [0, 0.05) is 44.8 Å². The summed E-state index contributed by atoms with van der Waals surface area (Å²) in [5, 5.41) is 0. The van der Waals surface area contributed by atoms with Gasteiger partial charge >= 0.3 is 0 Å². The highest BCUT2D eigenvalue weighted by Crippen LogP contribution is 2.28. The van der Waals surface area contributed by atoms with Crippen molar-refractivity contribution in [2.45, 2.75) is 27.2 Å². The molecule has 28 heavy (non-hydrogen) atoms. The summed E-state index contributed by atoms with van der Waals surface area (Å²) in [7, 11) is 1.59. The Hall–Kier alpha value is -2.28. The monoisotopic (exact) mass is 391 g/mol. The summed E-state index contributed by atoms with van der Waals surface area (Å²) in [5.41, 5.74) is 0.594. The summed E-state index contributed by atoms with van der Waals surface area (Å²) in [6, 6.07) is 5.29. The van der Waals surface area contributed by atoms with E-state index in [0.29, 0.717) is 49.8 Å². The van der Waals surface area contributed by atoms with Crippen molar-refractivity contribution in [3.63, 3.8) is 0 Å². The van der Waals surface area contributed by atoms with Crippen LogP contribution in [0, 0.1) is 0 Å². The highest BCUT2D eigenvalue weighted by atomic mass is 16.5. The molecule has 2 rings (SSSR count). The molecule has 1 aromatic carbocycles. The van der Waals surface area contributed by atoms with Crippen LogP contribution in [-0.4, -0.2) is 86.0 Å². The fraction of sp³-hybridized carbons (Fsp3) is 0.619. The fourth-order valence-electron chi connectivity index (χ4n) is 3.46. The molecule has 1 aromatic rings. The van der Waals surface area contributed by atoms with Gasteiger partial charge in [-0.1, -0.05) is 0 Å². The van der Waals surface area contributed by atoms with Crippen molar-refractivity contribution in [2.24, 2.45) is 0 Å². The molecule has 0 radical (unpaired) electrons. The van der Waals surface area contributed by atoms with Crippen LogP contribution in [0.3, 0.4) is 0 Å². The van der Waals surface area contributed by atoms with Crippen LogP contribution in [0.15, 0.2) is 18.2 Å². The Bertz CT molecular complexity index is 661. The zero-order valence-corrected chi connectivity index (χ0v) is 17.6. The number of nitrogens with zero attached hydrogens (tertiary/aromatic N) is 3. The van der Waals surface area contributed by atoms with Crippen LogP contribution in [0.5, 0.6) is 11.5 Å². The molecule has 0 saturated carbocycles. The number of ether oxygens (including phenoxy) is 2. The van der Waals surface area contributed by atoms with Gasteiger partial charge in [0.05, 0.1) is 20.3 Å². The quantitative estimate of drug-likeness (QED) is 0.679. The molecular formula is C21H33N3O4. The van der Waals surface area contributed by atoms with Crippen LogP contribution in [0.1, 0.15) is 37.6 Å². The van der Waals surface area contributed by atoms with Crippen molar-refractivity contribution in [2.75, 3.05) is 59.5 Å². The van der Waals surface area contributed by atoms with E-state index in [2.05, 4.69) is 4.90 Å². The molecule has 1 fully saturated rings. The van der Waals surface area contributed by atoms with Crippen molar-refractivity contribution in [1.82, 2.24) is 14.7 Å². The fourth-order valence-corrected chi connectivity index (χ4v) is 3.46. The van der Waals surface area contributed by atoms with E-state index in [-0.39, 0.29) is 11.8 Å². The van der Waals surface area contributed by atoms with Crippen molar-refractivity contribution < 1.29 is 19.1 Å². The first-order chi connectivity index (χ1) is 13.5. The molecule has 0 N–H and O–H groups in total. The minimum absolute atomic E-state index is 0.0134. The molecule has 1 aliphatic rings. The van der Waals surface area contributed by atoms with Crippen LogP contribution in [-0.2, 0) is 4.79 Å². The number of carbonyl (C=O) groups excluding carboxylic acids is 2. The minimum atomic E-state index is -0.0134. The zero-order chi connectivity index (χ0) is 20.5. The van der Waals surface area contributed by atoms with Crippen LogP contribution in [0.2, 0.25) is 0 Å². The Morgan fingerprint density at radius 2 is 1.79 bits per heavy atom. The molecule has 2 amide bonds. The topological polar surface area (TPSA) is 62.3 Å². The Balaban J connectivity index is 2.00. The van der Waals surface area contributed by atoms with Crippen molar-refractivity contribution >= 4 is 11.8 Å². The van der Waals surface area contributed by atoms with Gasteiger partial charge < -0.3 is 19.3 Å². The first-order valence-corrected chi connectivity index (χ1v) is 10.1. The summed E-state index contributed by atoms with van der Waals surface area (Å²) in [4.78, 5) is 31.2. The average molecular weight is 392 g/mol. The maximum absolute atomic E-state index is 13.0. The largest absolute Gasteiger partial charge is 0.493 e. The number of hydrogen-bond donors (Lipinski definition) is 0. The van der Waals surface area contributed by atoms with Gasteiger partial charge in [0.15, 0.2) is 11.5 Å². The lowest BCUT2D eigenvalue weighted by Crippen LogP contribution is -2.42. The molecule has 1 saturated heterocycles. The lowest BCUT2D eigenvalue weighted by Gasteiger charge is -2.25. The van der Waals surface area contributed by atoms with Crippen LogP contribution in [0.4, 0.5) is 0 Å². The molecule has 0 atom stereocenters. The van der Waals surface area contributed by atoms with Crippen molar-refractivity contribution in [3.05, 3.63) is 23.8 Å². The van der Waals surface area contributed by atoms with Gasteiger partial charge in [0.1, 0.15) is 0 Å². The Morgan fingerprint density at radius 1 is 1.04 bits per heavy atom. The highest BCUT2D eigenvalue weighted by Gasteiger charge is 2.23. The van der Waals surface area contributed by atoms with E-state index in [1.165, 1.54) is 0 Å². The molecule has 7 heteroatoms. The molecule has 1 aliphatic heterocycles. The summed E-state index contributed by atoms with van der Waals surface area (Å²) in [6.45, 7) is 11.1. The van der Waals surface area contributed by atoms with E-state index in [4.69, 9.17) is 9.47 Å². The normalized spacial score (nSPS) is 15.1. The average Bonchev–Trinajstić information content (AvgIpc) is 2.94. The predicted octanol–water partition coefficient (Wildman–Crippen LogP) is 2.11. The molecule has 0 spiro atoms. The van der Waals surface area contributed by atoms with Crippen LogP contribution >= 0.6 is 0 Å². The predicted molar refractivity (Wildman–Crippen MR) is 109 cm³/mol. The number of amides is 2. The van der Waals surface area contributed by atoms with Crippen LogP contribution < -0.4 is 9.47 Å². The van der Waals surface area contributed by atoms with Gasteiger partial charge in [-0.15, -0.1) is 0 Å². The van der Waals surface area contributed by atoms with Gasteiger partial charge in [0.25, 0.3) is 5.91 Å². The molecule has 1 heterocycles. The van der Waals surface area contributed by atoms with Crippen molar-refractivity contribution in [1.29, 1.82) is 0 Å². The molecular weight excluding hydrogens is 358 g/mol. The number of likely N-dealkylation sites (N-methyl/N-ethyl adjacent to an activating group) is 1. The standard InChI is InChI=1S/C21H33N3O4/c1-5-23(6-2)20(25)16-22-11-8-12-24(14-13-22)21(26)17-9-10-18(27-4)19(15-17)28-7-3/h9-10,15H,5-8,11-14,16H2,1-4H3. The number of rotatable bonds is 8. The van der Waals surface area contributed by atoms with E-state index in [1.54, 1.807) is 25.3 Å². The Labute approximate surface area is 168 Å². The Morgan fingerprint density at radius 3 is 2.43 bits per heavy atom. The zero-order valence-electron chi connectivity index (χ0n) is 17.6. The maximum Gasteiger partial charge on any atom is 0.254 e. The molecule has 0 aliphatic carbocycles. The smallest absolute Gasteiger partial charge is 0.254 e. The van der Waals surface area contributed by atoms with E-state index in [1.807, 2.05) is 30.6 Å². The number of methoxy groups -OCH3 is 1. The van der Waals surface area contributed by atoms with Gasteiger partial charge in [-0.05, 0) is 45.4 Å². The van der Waals surface area contributed by atoms with Gasteiger partial charge in [-0.25, -0.2) is 0 Å². The lowest BCUT2D eigenvalue weighted by atomic mass is 10.1. The third kappa shape index (κ3) is 5.61. The van der Waals surface area contributed by atoms with E-state index in [9.17, 15) is 9.59 Å². The number of carbonyl (C=O) groups is 2. The van der Waals surface area contributed by atoms with E-state index < -0.39 is 0 Å². The van der Waals surface area contributed by atoms with E-state index in [0.717, 1.165) is 26.1 Å². The van der Waals surface area contributed by atoms with Gasteiger partial charge in [0.2, 0.25) is 5.91 Å². The molecule has 0 unspecified atom stereocenters. The summed E-state index contributed by atoms with van der Waals surface area (Å²) in [5.74, 6) is 1.34. The molecule has 7 nitrogen and oxygen atoms in total. The van der Waals surface area contributed by atoms with E-state index >= 15 is 0 Å². The third-order valence-corrected chi connectivity index (χ3v) is 5.06. The second-order valence-electron chi connectivity index (χ2n) is 6.79. The first kappa shape index (κ1) is 22.0. The number of benzene rings is 1. The lowest BCUT2D eigenvalue weighted by molar-refractivity contribution is -0.132. The SMILES string of the molecule is CCOc1cc(C(=O)N2CCCN(CC(=O)N(CC)CC)CC2)ccc1OC. The first-order valence-electron chi connectivity index (χ1n) is 10.1. The summed E-state index contributed by atoms with van der Waals surface area (Å²) >= 11 is 0. The summed E-state index contributed by atoms with van der Waals surface area (Å²) in [6.07, 6.45) is 0.853. The Kier molecular flexibility index (Phi) is 8.57. The minimum Gasteiger partial charge on any atom is -0.493 e.